The van der Waals surface area contributed by atoms with Gasteiger partial charge in [-0.25, -0.2) is 4.79 Å². The van der Waals surface area contributed by atoms with E-state index in [1.54, 1.807) is 48.4 Å². The maximum absolute atomic E-state index is 13.5. The van der Waals surface area contributed by atoms with Gasteiger partial charge in [0.15, 0.2) is 11.5 Å². The predicted octanol–water partition coefficient (Wildman–Crippen LogP) is 4.35. The number of rotatable bonds is 9. The highest BCUT2D eigenvalue weighted by molar-refractivity contribution is 6.00. The van der Waals surface area contributed by atoms with Crippen molar-refractivity contribution >= 4 is 23.3 Å². The standard InChI is InChI=1S/C33H40N4O7/c1-21-16-37(22(2)19-38)32(39)14-24-13-25(34-33(40)35-26-8-12-29-30(15-26)43-20-42-29)7-11-28(24)44-31(21)18-36(3)17-23-5-9-27(41-4)10-6-23/h5-13,15,21-22,31,38H,14,16-20H2,1-4H3,(H2,34,35,40)/t21-,22-,31+/m0/s1. The average Bonchev–Trinajstić information content (AvgIpc) is 3.49. The van der Waals surface area contributed by atoms with Crippen LogP contribution in [0.2, 0.25) is 0 Å². The number of hydrogen-bond acceptors (Lipinski definition) is 8. The van der Waals surface area contributed by atoms with Crippen LogP contribution in [0.4, 0.5) is 16.2 Å². The van der Waals surface area contributed by atoms with Gasteiger partial charge in [-0.15, -0.1) is 0 Å². The maximum atomic E-state index is 13.5. The van der Waals surface area contributed by atoms with Crippen molar-refractivity contribution in [2.45, 2.75) is 39.0 Å². The van der Waals surface area contributed by atoms with Crippen molar-refractivity contribution in [3.8, 4) is 23.0 Å². The Hall–Kier alpha value is -4.48. The third-order valence-corrected chi connectivity index (χ3v) is 7.91. The lowest BCUT2D eigenvalue weighted by Crippen LogP contribution is -2.47. The minimum atomic E-state index is -0.443. The Morgan fingerprint density at radius 2 is 1.73 bits per heavy atom. The average molecular weight is 605 g/mol. The number of benzene rings is 3. The number of urea groups is 1. The predicted molar refractivity (Wildman–Crippen MR) is 167 cm³/mol. The largest absolute Gasteiger partial charge is 0.497 e. The van der Waals surface area contributed by atoms with Crippen molar-refractivity contribution in [3.05, 3.63) is 71.8 Å². The molecule has 3 aromatic carbocycles. The number of aliphatic hydroxyl groups excluding tert-OH is 1. The Morgan fingerprint density at radius 1 is 1.05 bits per heavy atom. The fourth-order valence-corrected chi connectivity index (χ4v) is 5.41. The van der Waals surface area contributed by atoms with Crippen LogP contribution < -0.4 is 29.6 Å². The molecular weight excluding hydrogens is 564 g/mol. The first-order valence-corrected chi connectivity index (χ1v) is 14.7. The summed E-state index contributed by atoms with van der Waals surface area (Å²) in [7, 11) is 3.69. The summed E-state index contributed by atoms with van der Waals surface area (Å²) in [6.07, 6.45) is -0.176. The van der Waals surface area contributed by atoms with Crippen LogP contribution in [0, 0.1) is 5.92 Å². The molecule has 11 heteroatoms. The van der Waals surface area contributed by atoms with Crippen LogP contribution in [0.5, 0.6) is 23.0 Å². The molecule has 0 radical (unpaired) electrons. The van der Waals surface area contributed by atoms with E-state index in [-0.39, 0.29) is 43.8 Å². The highest BCUT2D eigenvalue weighted by Gasteiger charge is 2.31. The molecule has 2 aliphatic heterocycles. The molecule has 0 spiro atoms. The van der Waals surface area contributed by atoms with Gasteiger partial charge in [0.1, 0.15) is 17.6 Å². The molecule has 0 unspecified atom stereocenters. The molecule has 0 saturated heterocycles. The lowest BCUT2D eigenvalue weighted by Gasteiger charge is -2.34. The number of fused-ring (bicyclic) bond motifs is 2. The lowest BCUT2D eigenvalue weighted by atomic mass is 10.0. The molecule has 0 fully saturated rings. The van der Waals surface area contributed by atoms with Crippen molar-refractivity contribution in [3.63, 3.8) is 0 Å². The van der Waals surface area contributed by atoms with E-state index in [0.29, 0.717) is 53.8 Å². The number of methoxy groups -OCH3 is 1. The minimum Gasteiger partial charge on any atom is -0.497 e. The molecule has 44 heavy (non-hydrogen) atoms. The second-order valence-electron chi connectivity index (χ2n) is 11.4. The number of nitrogens with zero attached hydrogens (tertiary/aromatic N) is 2. The molecule has 5 rings (SSSR count). The van der Waals surface area contributed by atoms with Crippen LogP contribution in [0.1, 0.15) is 25.0 Å². The summed E-state index contributed by atoms with van der Waals surface area (Å²) in [5.74, 6) is 2.45. The molecule has 234 valence electrons. The van der Waals surface area contributed by atoms with Crippen LogP contribution in [-0.2, 0) is 17.8 Å². The van der Waals surface area contributed by atoms with Gasteiger partial charge in [0.05, 0.1) is 26.2 Å². The number of carbonyl (C=O) groups is 2. The van der Waals surface area contributed by atoms with Crippen LogP contribution in [0.15, 0.2) is 60.7 Å². The zero-order chi connectivity index (χ0) is 31.2. The summed E-state index contributed by atoms with van der Waals surface area (Å²) in [6, 6.07) is 17.7. The van der Waals surface area contributed by atoms with Gasteiger partial charge in [0, 0.05) is 48.6 Å². The monoisotopic (exact) mass is 604 g/mol. The van der Waals surface area contributed by atoms with Gasteiger partial charge >= 0.3 is 6.03 Å². The lowest BCUT2D eigenvalue weighted by molar-refractivity contribution is -0.134. The Balaban J connectivity index is 1.33. The fraction of sp³-hybridized carbons (Fsp3) is 0.394. The third kappa shape index (κ3) is 7.53. The Morgan fingerprint density at radius 3 is 2.43 bits per heavy atom. The summed E-state index contributed by atoms with van der Waals surface area (Å²) in [5.41, 5.74) is 2.87. The van der Waals surface area contributed by atoms with E-state index < -0.39 is 6.03 Å². The number of nitrogens with one attached hydrogen (secondary N) is 2. The van der Waals surface area contributed by atoms with Crippen LogP contribution in [-0.4, -0.2) is 79.6 Å². The molecule has 0 aromatic heterocycles. The van der Waals surface area contributed by atoms with Crippen molar-refractivity contribution < 1.29 is 33.6 Å². The molecule has 3 N–H and O–H groups in total. The SMILES string of the molecule is COc1ccc(CN(C)C[C@H]2Oc3ccc(NC(=O)Nc4ccc5c(c4)OCO5)cc3CC(=O)N([C@@H](C)CO)C[C@@H]2C)cc1. The minimum absolute atomic E-state index is 0.0255. The van der Waals surface area contributed by atoms with E-state index in [9.17, 15) is 14.7 Å². The van der Waals surface area contributed by atoms with Gasteiger partial charge in [0.25, 0.3) is 0 Å². The number of likely N-dealkylation sites (N-methyl/N-ethyl adjacent to an activating group) is 1. The number of aliphatic hydroxyl groups is 1. The zero-order valence-corrected chi connectivity index (χ0v) is 25.5. The molecule has 3 amide bonds. The van der Waals surface area contributed by atoms with Crippen LogP contribution in [0.25, 0.3) is 0 Å². The molecule has 3 atom stereocenters. The van der Waals surface area contributed by atoms with Crippen LogP contribution >= 0.6 is 0 Å². The number of anilines is 2. The molecule has 0 saturated carbocycles. The van der Waals surface area contributed by atoms with E-state index in [1.807, 2.05) is 38.2 Å². The first-order chi connectivity index (χ1) is 21.2. The number of carbonyl (C=O) groups excluding carboxylic acids is 2. The molecule has 11 nitrogen and oxygen atoms in total. The quantitative estimate of drug-likeness (QED) is 0.330. The summed E-state index contributed by atoms with van der Waals surface area (Å²) in [5, 5.41) is 15.6. The fourth-order valence-electron chi connectivity index (χ4n) is 5.41. The molecule has 3 aromatic rings. The van der Waals surface area contributed by atoms with Gasteiger partial charge in [0.2, 0.25) is 12.7 Å². The van der Waals surface area contributed by atoms with Gasteiger partial charge in [-0.1, -0.05) is 19.1 Å². The zero-order valence-electron chi connectivity index (χ0n) is 25.5. The summed E-state index contributed by atoms with van der Waals surface area (Å²) in [4.78, 5) is 30.3. The summed E-state index contributed by atoms with van der Waals surface area (Å²) in [6.45, 7) is 5.67. The van der Waals surface area contributed by atoms with E-state index in [4.69, 9.17) is 18.9 Å². The third-order valence-electron chi connectivity index (χ3n) is 7.91. The Bertz CT molecular complexity index is 1460. The number of ether oxygens (including phenoxy) is 4. The number of hydrogen-bond donors (Lipinski definition) is 3. The summed E-state index contributed by atoms with van der Waals surface area (Å²) >= 11 is 0. The number of amides is 3. The highest BCUT2D eigenvalue weighted by Crippen LogP contribution is 2.34. The molecule has 2 aliphatic rings. The normalized spacial score (nSPS) is 18.4. The maximum Gasteiger partial charge on any atom is 0.323 e. The Labute approximate surface area is 257 Å². The highest BCUT2D eigenvalue weighted by atomic mass is 16.7. The molecular formula is C33H40N4O7. The second-order valence-corrected chi connectivity index (χ2v) is 11.4. The van der Waals surface area contributed by atoms with E-state index in [0.717, 1.165) is 11.3 Å². The molecule has 0 bridgehead atoms. The first kappa shape index (κ1) is 31.0. The van der Waals surface area contributed by atoms with Crippen molar-refractivity contribution in [2.24, 2.45) is 5.92 Å². The van der Waals surface area contributed by atoms with Crippen LogP contribution in [0.3, 0.4) is 0 Å². The van der Waals surface area contributed by atoms with Crippen molar-refractivity contribution in [1.29, 1.82) is 0 Å². The van der Waals surface area contributed by atoms with Gasteiger partial charge in [-0.3, -0.25) is 9.69 Å². The second kappa shape index (κ2) is 13.9. The smallest absolute Gasteiger partial charge is 0.323 e. The topological polar surface area (TPSA) is 122 Å². The van der Waals surface area contributed by atoms with Gasteiger partial charge in [-0.2, -0.15) is 0 Å². The molecule has 0 aliphatic carbocycles. The van der Waals surface area contributed by atoms with Crippen molar-refractivity contribution in [2.75, 3.05) is 51.3 Å². The van der Waals surface area contributed by atoms with Crippen molar-refractivity contribution in [1.82, 2.24) is 9.80 Å². The first-order valence-electron chi connectivity index (χ1n) is 14.7. The van der Waals surface area contributed by atoms with E-state index in [1.165, 1.54) is 0 Å². The summed E-state index contributed by atoms with van der Waals surface area (Å²) < 4.78 is 22.6. The van der Waals surface area contributed by atoms with Gasteiger partial charge < -0.3 is 39.6 Å². The van der Waals surface area contributed by atoms with E-state index >= 15 is 0 Å². The Kier molecular flexibility index (Phi) is 9.76. The van der Waals surface area contributed by atoms with E-state index in [2.05, 4.69) is 22.5 Å². The van der Waals surface area contributed by atoms with Gasteiger partial charge in [-0.05, 0) is 62.0 Å². The molecule has 2 heterocycles.